The number of hydrogen-bond acceptors (Lipinski definition) is 2. The van der Waals surface area contributed by atoms with E-state index in [2.05, 4.69) is 18.9 Å². The van der Waals surface area contributed by atoms with E-state index >= 15 is 0 Å². The molecule has 0 radical (unpaired) electrons. The summed E-state index contributed by atoms with van der Waals surface area (Å²) in [5, 5.41) is 4.54. The summed E-state index contributed by atoms with van der Waals surface area (Å²) < 4.78 is 21.3. The molecule has 0 saturated carbocycles. The zero-order valence-electron chi connectivity index (χ0n) is 13.4. The van der Waals surface area contributed by atoms with Crippen molar-refractivity contribution >= 4 is 0 Å². The summed E-state index contributed by atoms with van der Waals surface area (Å²) in [5.74, 6) is 0.490. The summed E-state index contributed by atoms with van der Waals surface area (Å²) >= 11 is 0. The Bertz CT molecular complexity index is 632. The van der Waals surface area contributed by atoms with Crippen molar-refractivity contribution in [2.45, 2.75) is 47.1 Å². The minimum atomic E-state index is -0.167. The van der Waals surface area contributed by atoms with Gasteiger partial charge in [0.25, 0.3) is 0 Å². The van der Waals surface area contributed by atoms with Crippen LogP contribution in [-0.4, -0.2) is 16.4 Å². The molecule has 0 bridgehead atoms. The molecule has 0 spiro atoms. The lowest BCUT2D eigenvalue weighted by molar-refractivity contribution is 0.316. The van der Waals surface area contributed by atoms with E-state index in [1.807, 2.05) is 30.7 Å². The highest BCUT2D eigenvalue weighted by molar-refractivity contribution is 5.37. The van der Waals surface area contributed by atoms with Crippen LogP contribution in [0.25, 0.3) is 0 Å². The fourth-order valence-corrected chi connectivity index (χ4v) is 2.44. The second kappa shape index (κ2) is 6.29. The second-order valence-electron chi connectivity index (χ2n) is 5.60. The Balaban J connectivity index is 2.39. The molecule has 0 aliphatic carbocycles. The lowest BCUT2D eigenvalue weighted by atomic mass is 10.0. The van der Waals surface area contributed by atoms with Crippen LogP contribution in [0, 0.1) is 19.7 Å². The maximum absolute atomic E-state index is 13.7. The molecule has 0 aliphatic rings. The molecule has 3 nitrogen and oxygen atoms in total. The molecule has 1 aromatic heterocycles. The predicted octanol–water partition coefficient (Wildman–Crippen LogP) is 4.21. The number of halogens is 1. The van der Waals surface area contributed by atoms with Crippen molar-refractivity contribution in [3.05, 3.63) is 46.4 Å². The maximum atomic E-state index is 13.7. The van der Waals surface area contributed by atoms with Crippen LogP contribution in [0.1, 0.15) is 49.2 Å². The van der Waals surface area contributed by atoms with Gasteiger partial charge in [-0.15, -0.1) is 5.10 Å². The van der Waals surface area contributed by atoms with E-state index in [1.54, 1.807) is 13.0 Å². The van der Waals surface area contributed by atoms with Crippen molar-refractivity contribution in [2.75, 3.05) is 6.61 Å². The van der Waals surface area contributed by atoms with Gasteiger partial charge in [0.15, 0.2) is 0 Å². The van der Waals surface area contributed by atoms with Crippen molar-refractivity contribution in [3.8, 4) is 5.88 Å². The molecule has 1 aromatic carbocycles. The Morgan fingerprint density at radius 3 is 2.57 bits per heavy atom. The molecule has 0 atom stereocenters. The first kappa shape index (κ1) is 15.5. The molecule has 2 rings (SSSR count). The minimum absolute atomic E-state index is 0.167. The number of benzene rings is 1. The van der Waals surface area contributed by atoms with E-state index in [9.17, 15) is 4.39 Å². The first-order chi connectivity index (χ1) is 9.93. The Hall–Kier alpha value is -1.84. The van der Waals surface area contributed by atoms with Gasteiger partial charge in [-0.2, -0.15) is 0 Å². The SMILES string of the molecule is CCOc1nn(C(C)C)c(C)c1Cc1ccc(C)c(F)c1. The van der Waals surface area contributed by atoms with Crippen molar-refractivity contribution in [3.63, 3.8) is 0 Å². The van der Waals surface area contributed by atoms with Crippen LogP contribution in [-0.2, 0) is 6.42 Å². The lowest BCUT2D eigenvalue weighted by Crippen LogP contribution is -2.05. The molecular weight excluding hydrogens is 267 g/mol. The van der Waals surface area contributed by atoms with Gasteiger partial charge in [-0.1, -0.05) is 12.1 Å². The summed E-state index contributed by atoms with van der Waals surface area (Å²) in [6.07, 6.45) is 0.630. The number of nitrogens with zero attached hydrogens (tertiary/aromatic N) is 2. The van der Waals surface area contributed by atoms with Crippen LogP contribution in [0.4, 0.5) is 4.39 Å². The van der Waals surface area contributed by atoms with Gasteiger partial charge >= 0.3 is 0 Å². The lowest BCUT2D eigenvalue weighted by Gasteiger charge is -2.08. The van der Waals surface area contributed by atoms with E-state index in [1.165, 1.54) is 0 Å². The van der Waals surface area contributed by atoms with Gasteiger partial charge in [0.05, 0.1) is 6.61 Å². The summed E-state index contributed by atoms with van der Waals surface area (Å²) in [6, 6.07) is 5.64. The van der Waals surface area contributed by atoms with Crippen LogP contribution < -0.4 is 4.74 Å². The van der Waals surface area contributed by atoms with Gasteiger partial charge in [-0.05, 0) is 51.8 Å². The third-order valence-electron chi connectivity index (χ3n) is 3.62. The number of rotatable bonds is 5. The molecule has 0 unspecified atom stereocenters. The van der Waals surface area contributed by atoms with Gasteiger partial charge in [-0.3, -0.25) is 4.68 Å². The van der Waals surface area contributed by atoms with Crippen LogP contribution in [0.5, 0.6) is 5.88 Å². The Morgan fingerprint density at radius 2 is 2.00 bits per heavy atom. The van der Waals surface area contributed by atoms with Gasteiger partial charge in [0, 0.05) is 23.7 Å². The first-order valence-corrected chi connectivity index (χ1v) is 7.39. The fourth-order valence-electron chi connectivity index (χ4n) is 2.44. The smallest absolute Gasteiger partial charge is 0.236 e. The molecule has 0 aliphatic heterocycles. The second-order valence-corrected chi connectivity index (χ2v) is 5.60. The van der Waals surface area contributed by atoms with E-state index in [4.69, 9.17) is 4.74 Å². The molecule has 4 heteroatoms. The molecular formula is C17H23FN2O. The number of hydrogen-bond donors (Lipinski definition) is 0. The molecule has 0 fully saturated rings. The zero-order chi connectivity index (χ0) is 15.6. The average Bonchev–Trinajstić information content (AvgIpc) is 2.72. The maximum Gasteiger partial charge on any atom is 0.236 e. The number of aryl methyl sites for hydroxylation is 1. The third kappa shape index (κ3) is 3.26. The molecule has 21 heavy (non-hydrogen) atoms. The summed E-state index contributed by atoms with van der Waals surface area (Å²) in [4.78, 5) is 0. The molecule has 114 valence electrons. The van der Waals surface area contributed by atoms with E-state index in [-0.39, 0.29) is 11.9 Å². The largest absolute Gasteiger partial charge is 0.477 e. The highest BCUT2D eigenvalue weighted by atomic mass is 19.1. The molecule has 2 aromatic rings. The van der Waals surface area contributed by atoms with Gasteiger partial charge in [0.1, 0.15) is 5.82 Å². The molecule has 1 heterocycles. The first-order valence-electron chi connectivity index (χ1n) is 7.39. The molecule has 0 amide bonds. The van der Waals surface area contributed by atoms with Crippen LogP contribution in [0.2, 0.25) is 0 Å². The van der Waals surface area contributed by atoms with E-state index < -0.39 is 0 Å². The zero-order valence-corrected chi connectivity index (χ0v) is 13.4. The van der Waals surface area contributed by atoms with Crippen LogP contribution in [0.3, 0.4) is 0 Å². The minimum Gasteiger partial charge on any atom is -0.477 e. The quantitative estimate of drug-likeness (QED) is 0.825. The average molecular weight is 290 g/mol. The van der Waals surface area contributed by atoms with Crippen molar-refractivity contribution < 1.29 is 9.13 Å². The molecule has 0 N–H and O–H groups in total. The van der Waals surface area contributed by atoms with Crippen LogP contribution in [0.15, 0.2) is 18.2 Å². The highest BCUT2D eigenvalue weighted by Crippen LogP contribution is 2.27. The van der Waals surface area contributed by atoms with Crippen molar-refractivity contribution in [1.82, 2.24) is 9.78 Å². The predicted molar refractivity (Wildman–Crippen MR) is 82.5 cm³/mol. The van der Waals surface area contributed by atoms with Crippen molar-refractivity contribution in [1.29, 1.82) is 0 Å². The fraction of sp³-hybridized carbons (Fsp3) is 0.471. The summed E-state index contributed by atoms with van der Waals surface area (Å²) in [6.45, 7) is 10.5. The van der Waals surface area contributed by atoms with Crippen molar-refractivity contribution in [2.24, 2.45) is 0 Å². The van der Waals surface area contributed by atoms with Gasteiger partial charge in [0.2, 0.25) is 5.88 Å². The molecule has 0 saturated heterocycles. The van der Waals surface area contributed by atoms with Crippen LogP contribution >= 0.6 is 0 Å². The highest BCUT2D eigenvalue weighted by Gasteiger charge is 2.18. The number of ether oxygens (including phenoxy) is 1. The van der Waals surface area contributed by atoms with Gasteiger partial charge in [-0.25, -0.2) is 4.39 Å². The summed E-state index contributed by atoms with van der Waals surface area (Å²) in [5.41, 5.74) is 3.71. The van der Waals surface area contributed by atoms with Gasteiger partial charge < -0.3 is 4.74 Å². The normalized spacial score (nSPS) is 11.2. The Labute approximate surface area is 125 Å². The Morgan fingerprint density at radius 1 is 1.29 bits per heavy atom. The summed E-state index contributed by atoms with van der Waals surface area (Å²) in [7, 11) is 0. The van der Waals surface area contributed by atoms with E-state index in [0.717, 1.165) is 16.8 Å². The Kier molecular flexibility index (Phi) is 4.66. The standard InChI is InChI=1S/C17H23FN2O/c1-6-21-17-15(13(5)20(19-17)11(2)3)9-14-8-7-12(4)16(18)10-14/h7-8,10-11H,6,9H2,1-5H3. The van der Waals surface area contributed by atoms with E-state index in [0.29, 0.717) is 24.5 Å². The number of aromatic nitrogens is 2. The third-order valence-corrected chi connectivity index (χ3v) is 3.62. The monoisotopic (exact) mass is 290 g/mol. The topological polar surface area (TPSA) is 27.1 Å².